The van der Waals surface area contributed by atoms with Crippen molar-refractivity contribution in [2.45, 2.75) is 38.9 Å². The zero-order valence-electron chi connectivity index (χ0n) is 74.9. The molecule has 1 saturated heterocycles. The van der Waals surface area contributed by atoms with Crippen LogP contribution in [-0.4, -0.2) is 18.3 Å². The summed E-state index contributed by atoms with van der Waals surface area (Å²) >= 11 is 32.9. The Bertz CT molecular complexity index is 8180. The summed E-state index contributed by atoms with van der Waals surface area (Å²) in [6, 6.07) is 160. The topological polar surface area (TPSA) is 18.5 Å². The van der Waals surface area contributed by atoms with Crippen LogP contribution in [0, 0.1) is 27.3 Å². The first kappa shape index (κ1) is 93.3. The Morgan fingerprint density at radius 3 is 0.949 bits per heavy atom. The van der Waals surface area contributed by atoms with Gasteiger partial charge in [-0.3, -0.25) is 0 Å². The molecule has 1 aliphatic heterocycles. The Morgan fingerprint density at radius 2 is 0.537 bits per heavy atom. The average molecular weight is 2070 g/mol. The summed E-state index contributed by atoms with van der Waals surface area (Å²) in [5.74, 6) is 12.6. The molecule has 1 aliphatic rings. The van der Waals surface area contributed by atoms with Crippen molar-refractivity contribution in [1.29, 1.82) is 0 Å². The molecule has 136 heavy (non-hydrogen) atoms. The van der Waals surface area contributed by atoms with E-state index in [-0.39, 0.29) is 18.3 Å². The Kier molecular flexibility index (Phi) is 29.4. The first-order valence-corrected chi connectivity index (χ1v) is 49.1. The van der Waals surface area contributed by atoms with E-state index >= 15 is 0 Å². The quantitative estimate of drug-likeness (QED) is 0.0395. The highest BCUT2D eigenvalue weighted by Crippen LogP contribution is 2.47. The van der Waals surface area contributed by atoms with E-state index in [1.54, 1.807) is 0 Å². The monoisotopic (exact) mass is 2070 g/mol. The minimum absolute atomic E-state index is 0.341. The molecule has 2 nitrogen and oxygen atoms in total. The SMILES string of the molecule is CC1(C)OB(c2ccc3cc(-c4ccccc4)c4ccccc4c3c2)OC1(C)C.Clc1ccc(C#Cc2ccccc2)c(-c2ccccc2)c1.Clc1ccc(C#Cc2ccccc2)c(Br)c1.Clc1ccc(I)c(Br)c1.Clc1ccc2cc(-c3ccccc3)c3ccccc3c2c1.c1ccc(-c2c3ccccc3c(-c3ccc4cc(-c5ccccc5)c5ccccc5c4c3)c3ccccc23)cc1. The van der Waals surface area contributed by atoms with Gasteiger partial charge < -0.3 is 9.31 Å². The van der Waals surface area contributed by atoms with Crippen LogP contribution in [0.15, 0.2) is 470 Å². The van der Waals surface area contributed by atoms with E-state index < -0.39 is 0 Å². The summed E-state index contributed by atoms with van der Waals surface area (Å²) in [7, 11) is -0.350. The van der Waals surface area contributed by atoms with E-state index in [4.69, 9.17) is 55.7 Å². The molecule has 23 rings (SSSR count). The van der Waals surface area contributed by atoms with Crippen LogP contribution in [0.25, 0.3) is 153 Å². The minimum Gasteiger partial charge on any atom is -0.399 e. The van der Waals surface area contributed by atoms with E-state index in [1.807, 2.05) is 152 Å². The lowest BCUT2D eigenvalue weighted by atomic mass is 9.77. The standard InChI is InChI=1S/C40H26.C26H25BO2.2C20H13Cl.C14H8BrCl.C6H3BrClI/c1-3-13-27(14-4-1)37-25-29-23-24-30(26-38(29)32-18-8-7-17-31(32)37)40-35-21-11-9-19-33(35)39(28-15-5-2-6-16-28)34-20-10-12-22-36(34)40;1-25(2)26(3,4)29-27(28-25)20-15-14-19-16-23(18-10-6-5-7-11-18)21-12-8-9-13-22(21)24(19)17-20;21-16-11-10-15-12-19(14-6-2-1-3-7-14)17-8-4-5-9-18(17)20(15)13-16;21-19-14-13-18(12-11-16-7-3-1-4-8-16)20(15-19)17-9-5-2-6-10-17;15-14-10-13(16)9-8-12(14)7-6-11-4-2-1-3-5-11;7-5-3-4(8)1-2-6(5)9/h1-26H;5-17H,1-4H3;1-13H;1-10,13-15H;1-5,8-10H;1-3H. The fourth-order valence-electron chi connectivity index (χ4n) is 17.4. The van der Waals surface area contributed by atoms with Gasteiger partial charge in [0, 0.05) is 54.9 Å². The van der Waals surface area contributed by atoms with Gasteiger partial charge in [-0.05, 0) is 356 Å². The van der Waals surface area contributed by atoms with Crippen LogP contribution in [0.2, 0.25) is 20.1 Å². The van der Waals surface area contributed by atoms with Crippen molar-refractivity contribution in [3.05, 3.63) is 516 Å². The Balaban J connectivity index is 0.000000114. The van der Waals surface area contributed by atoms with Gasteiger partial charge in [-0.25, -0.2) is 0 Å². The molecule has 656 valence electrons. The predicted molar refractivity (Wildman–Crippen MR) is 600 cm³/mol. The minimum atomic E-state index is -0.350. The lowest BCUT2D eigenvalue weighted by molar-refractivity contribution is 0.00578. The van der Waals surface area contributed by atoms with Gasteiger partial charge >= 0.3 is 7.12 Å². The molecule has 0 spiro atoms. The number of halogens is 7. The summed E-state index contributed by atoms with van der Waals surface area (Å²) in [5.41, 5.74) is 19.1. The third-order valence-corrected chi connectivity index (χ3v) is 28.7. The maximum absolute atomic E-state index is 6.28. The number of benzene rings is 22. The molecular formula is C126H88BBr2Cl4IO2. The second-order valence-electron chi connectivity index (χ2n) is 34.1. The van der Waals surface area contributed by atoms with Crippen LogP contribution in [-0.2, 0) is 9.31 Å². The van der Waals surface area contributed by atoms with Gasteiger partial charge in [-0.15, -0.1) is 0 Å². The summed E-state index contributed by atoms with van der Waals surface area (Å²) in [5, 5.41) is 23.1. The summed E-state index contributed by atoms with van der Waals surface area (Å²) < 4.78 is 15.7. The highest BCUT2D eigenvalue weighted by molar-refractivity contribution is 14.1. The number of hydrogen-bond acceptors (Lipinski definition) is 2. The molecule has 0 radical (unpaired) electrons. The average Bonchev–Trinajstić information content (AvgIpc) is 0.839. The van der Waals surface area contributed by atoms with Crippen molar-refractivity contribution in [2.24, 2.45) is 0 Å². The van der Waals surface area contributed by atoms with Crippen molar-refractivity contribution in [2.75, 3.05) is 0 Å². The van der Waals surface area contributed by atoms with Gasteiger partial charge in [0.15, 0.2) is 0 Å². The number of fused-ring (bicyclic) bond motifs is 11. The van der Waals surface area contributed by atoms with Crippen LogP contribution in [0.5, 0.6) is 0 Å². The van der Waals surface area contributed by atoms with Gasteiger partial charge in [-0.1, -0.05) is 416 Å². The van der Waals surface area contributed by atoms with E-state index in [0.29, 0.717) is 5.02 Å². The molecule has 0 N–H and O–H groups in total. The second kappa shape index (κ2) is 42.8. The van der Waals surface area contributed by atoms with Crippen LogP contribution < -0.4 is 5.46 Å². The summed E-state index contributed by atoms with van der Waals surface area (Å²) in [4.78, 5) is 0. The lowest BCUT2D eigenvalue weighted by Crippen LogP contribution is -2.41. The summed E-state index contributed by atoms with van der Waals surface area (Å²) in [6.07, 6.45) is 0. The van der Waals surface area contributed by atoms with Gasteiger partial charge in [0.2, 0.25) is 0 Å². The van der Waals surface area contributed by atoms with Crippen molar-refractivity contribution in [1.82, 2.24) is 0 Å². The molecule has 0 amide bonds. The molecule has 0 saturated carbocycles. The molecule has 0 bridgehead atoms. The molecule has 1 heterocycles. The first-order chi connectivity index (χ1) is 66.3. The van der Waals surface area contributed by atoms with Gasteiger partial charge in [0.05, 0.1) is 11.2 Å². The van der Waals surface area contributed by atoms with Crippen LogP contribution in [0.4, 0.5) is 0 Å². The lowest BCUT2D eigenvalue weighted by Gasteiger charge is -2.32. The number of rotatable bonds is 7. The molecule has 0 aromatic heterocycles. The van der Waals surface area contributed by atoms with Gasteiger partial charge in [0.1, 0.15) is 0 Å². The third kappa shape index (κ3) is 21.4. The van der Waals surface area contributed by atoms with E-state index in [0.717, 1.165) is 62.9 Å². The van der Waals surface area contributed by atoms with Crippen molar-refractivity contribution < 1.29 is 9.31 Å². The predicted octanol–water partition coefficient (Wildman–Crippen LogP) is 37.2. The highest BCUT2D eigenvalue weighted by atomic mass is 127. The molecule has 0 unspecified atom stereocenters. The normalized spacial score (nSPS) is 12.2. The van der Waals surface area contributed by atoms with E-state index in [2.05, 4.69) is 415 Å². The Hall–Kier alpha value is -13.1. The molecule has 0 atom stereocenters. The van der Waals surface area contributed by atoms with Gasteiger partial charge in [-0.2, -0.15) is 0 Å². The van der Waals surface area contributed by atoms with Crippen LogP contribution in [0.3, 0.4) is 0 Å². The summed E-state index contributed by atoms with van der Waals surface area (Å²) in [6.45, 7) is 8.37. The largest absolute Gasteiger partial charge is 0.494 e. The van der Waals surface area contributed by atoms with Crippen LogP contribution >= 0.6 is 101 Å². The number of hydrogen-bond donors (Lipinski definition) is 0. The Morgan fingerprint density at radius 1 is 0.235 bits per heavy atom. The second-order valence-corrected chi connectivity index (χ2v) is 38.7. The highest BCUT2D eigenvalue weighted by Gasteiger charge is 2.52. The maximum atomic E-state index is 6.28. The van der Waals surface area contributed by atoms with Gasteiger partial charge in [0.25, 0.3) is 0 Å². The van der Waals surface area contributed by atoms with Crippen molar-refractivity contribution in [3.8, 4) is 90.4 Å². The fourth-order valence-corrected chi connectivity index (χ4v) is 19.5. The Labute approximate surface area is 846 Å². The first-order valence-electron chi connectivity index (χ1n) is 44.9. The zero-order chi connectivity index (χ0) is 93.7. The molecule has 10 heteroatoms. The van der Waals surface area contributed by atoms with Crippen molar-refractivity contribution >= 4 is 200 Å². The zero-order valence-corrected chi connectivity index (χ0v) is 83.3. The smallest absolute Gasteiger partial charge is 0.399 e. The third-order valence-electron chi connectivity index (χ3n) is 24.7. The molecule has 22 aromatic carbocycles. The van der Waals surface area contributed by atoms with Crippen LogP contribution in [0.1, 0.15) is 49.9 Å². The van der Waals surface area contributed by atoms with Crippen molar-refractivity contribution in [3.63, 3.8) is 0 Å². The fraction of sp³-hybridized carbons (Fsp3) is 0.0476. The molecule has 1 fully saturated rings. The van der Waals surface area contributed by atoms with E-state index in [9.17, 15) is 0 Å². The van der Waals surface area contributed by atoms with E-state index in [1.165, 1.54) is 145 Å². The molecule has 22 aromatic rings. The maximum Gasteiger partial charge on any atom is 0.494 e. The molecular weight excluding hydrogens is 1980 g/mol. The molecule has 0 aliphatic carbocycles.